The zero-order valence-corrected chi connectivity index (χ0v) is 14.2. The van der Waals surface area contributed by atoms with Crippen LogP contribution < -0.4 is 10.6 Å². The van der Waals surface area contributed by atoms with Gasteiger partial charge < -0.3 is 10.6 Å². The highest BCUT2D eigenvalue weighted by atomic mass is 79.9. The monoisotopic (exact) mass is 392 g/mol. The van der Waals surface area contributed by atoms with E-state index >= 15 is 0 Å². The number of aromatic nitrogens is 2. The highest BCUT2D eigenvalue weighted by Gasteiger charge is 2.05. The van der Waals surface area contributed by atoms with E-state index in [4.69, 9.17) is 35.4 Å². The summed E-state index contributed by atoms with van der Waals surface area (Å²) in [6.45, 7) is 1.36. The Morgan fingerprint density at radius 3 is 2.90 bits per heavy atom. The molecule has 0 aliphatic carbocycles. The molecule has 0 aliphatic heterocycles. The lowest BCUT2D eigenvalue weighted by Crippen LogP contribution is -2.31. The standard InChI is InChI=1S/C12H11BrCl2N4S/c13-8-6-17-19(7-8)5-4-16-12(20)18-10-3-1-2-9(14)11(10)15/h1-3,6-7H,4-5H2,(H2,16,18,20). The summed E-state index contributed by atoms with van der Waals surface area (Å²) in [5.41, 5.74) is 0.679. The van der Waals surface area contributed by atoms with Gasteiger partial charge in [-0.05, 0) is 40.3 Å². The van der Waals surface area contributed by atoms with E-state index in [0.717, 1.165) is 4.47 Å². The van der Waals surface area contributed by atoms with Crippen LogP contribution >= 0.6 is 51.3 Å². The summed E-state index contributed by atoms with van der Waals surface area (Å²) in [5.74, 6) is 0. The van der Waals surface area contributed by atoms with Crippen LogP contribution in [0.4, 0.5) is 5.69 Å². The fourth-order valence-corrected chi connectivity index (χ4v) is 2.40. The zero-order valence-electron chi connectivity index (χ0n) is 10.2. The number of anilines is 1. The fraction of sp³-hybridized carbons (Fsp3) is 0.167. The minimum atomic E-state index is 0.453. The van der Waals surface area contributed by atoms with Crippen molar-refractivity contribution in [2.75, 3.05) is 11.9 Å². The lowest BCUT2D eigenvalue weighted by atomic mass is 10.3. The van der Waals surface area contributed by atoms with Gasteiger partial charge in [-0.1, -0.05) is 29.3 Å². The molecule has 0 aliphatic rings. The van der Waals surface area contributed by atoms with Gasteiger partial charge in [0.1, 0.15) is 0 Å². The summed E-state index contributed by atoms with van der Waals surface area (Å²) in [6, 6.07) is 5.34. The van der Waals surface area contributed by atoms with E-state index in [2.05, 4.69) is 31.7 Å². The fourth-order valence-electron chi connectivity index (χ4n) is 1.51. The molecule has 2 aromatic rings. The Bertz CT molecular complexity index is 617. The van der Waals surface area contributed by atoms with Crippen LogP contribution in [0.3, 0.4) is 0 Å². The Kier molecular flexibility index (Phi) is 5.65. The first kappa shape index (κ1) is 15.6. The van der Waals surface area contributed by atoms with Crippen LogP contribution in [0.15, 0.2) is 35.1 Å². The molecule has 0 fully saturated rings. The van der Waals surface area contributed by atoms with Gasteiger partial charge in [-0.25, -0.2) is 0 Å². The summed E-state index contributed by atoms with van der Waals surface area (Å²) >= 11 is 20.5. The van der Waals surface area contributed by atoms with E-state index in [1.807, 2.05) is 16.9 Å². The van der Waals surface area contributed by atoms with Gasteiger partial charge in [-0.15, -0.1) is 0 Å². The molecule has 0 radical (unpaired) electrons. The van der Waals surface area contributed by atoms with Gasteiger partial charge in [-0.3, -0.25) is 4.68 Å². The van der Waals surface area contributed by atoms with E-state index in [9.17, 15) is 0 Å². The second kappa shape index (κ2) is 7.26. The lowest BCUT2D eigenvalue weighted by Gasteiger charge is -2.12. The Hall–Kier alpha value is -0.820. The first-order valence-corrected chi connectivity index (χ1v) is 7.69. The largest absolute Gasteiger partial charge is 0.361 e. The van der Waals surface area contributed by atoms with E-state index in [1.165, 1.54) is 0 Å². The van der Waals surface area contributed by atoms with Gasteiger partial charge in [0.25, 0.3) is 0 Å². The van der Waals surface area contributed by atoms with Crippen LogP contribution in [0.5, 0.6) is 0 Å². The van der Waals surface area contributed by atoms with Crippen molar-refractivity contribution >= 4 is 62.1 Å². The summed E-state index contributed by atoms with van der Waals surface area (Å²) in [4.78, 5) is 0. The Balaban J connectivity index is 1.82. The minimum absolute atomic E-state index is 0.453. The summed E-state index contributed by atoms with van der Waals surface area (Å²) < 4.78 is 2.76. The minimum Gasteiger partial charge on any atom is -0.361 e. The molecule has 0 saturated carbocycles. The molecule has 0 amide bonds. The first-order valence-electron chi connectivity index (χ1n) is 5.73. The number of rotatable bonds is 4. The highest BCUT2D eigenvalue weighted by molar-refractivity contribution is 9.10. The highest BCUT2D eigenvalue weighted by Crippen LogP contribution is 2.29. The summed E-state index contributed by atoms with van der Waals surface area (Å²) in [6.07, 6.45) is 3.63. The molecule has 0 bridgehead atoms. The summed E-state index contributed by atoms with van der Waals surface area (Å²) in [5, 5.41) is 11.7. The number of thiocarbonyl (C=S) groups is 1. The van der Waals surface area contributed by atoms with Gasteiger partial charge in [0.05, 0.1) is 32.9 Å². The number of halogens is 3. The topological polar surface area (TPSA) is 41.9 Å². The van der Waals surface area contributed by atoms with Gasteiger partial charge in [0, 0.05) is 12.7 Å². The van der Waals surface area contributed by atoms with Crippen molar-refractivity contribution in [2.24, 2.45) is 0 Å². The Morgan fingerprint density at radius 1 is 1.40 bits per heavy atom. The van der Waals surface area contributed by atoms with Crippen LogP contribution in [0.25, 0.3) is 0 Å². The maximum Gasteiger partial charge on any atom is 0.170 e. The molecule has 20 heavy (non-hydrogen) atoms. The molecule has 0 unspecified atom stereocenters. The molecule has 1 aromatic carbocycles. The molecular formula is C12H11BrCl2N4S. The maximum absolute atomic E-state index is 6.07. The first-order chi connectivity index (χ1) is 9.56. The lowest BCUT2D eigenvalue weighted by molar-refractivity contribution is 0.604. The molecule has 0 atom stereocenters. The van der Waals surface area contributed by atoms with Crippen molar-refractivity contribution in [1.82, 2.24) is 15.1 Å². The molecule has 1 aromatic heterocycles. The Labute approximate surface area is 140 Å². The third-order valence-electron chi connectivity index (χ3n) is 2.43. The molecular weight excluding hydrogens is 383 g/mol. The SMILES string of the molecule is S=C(NCCn1cc(Br)cn1)Nc1cccc(Cl)c1Cl. The molecule has 2 rings (SSSR count). The zero-order chi connectivity index (χ0) is 14.5. The van der Waals surface area contributed by atoms with E-state index in [1.54, 1.807) is 18.3 Å². The second-order valence-electron chi connectivity index (χ2n) is 3.90. The normalized spacial score (nSPS) is 10.3. The van der Waals surface area contributed by atoms with E-state index in [0.29, 0.717) is 33.9 Å². The number of hydrogen-bond donors (Lipinski definition) is 2. The van der Waals surface area contributed by atoms with Crippen molar-refractivity contribution in [3.8, 4) is 0 Å². The van der Waals surface area contributed by atoms with Crippen molar-refractivity contribution in [1.29, 1.82) is 0 Å². The predicted octanol–water partition coefficient (Wildman–Crippen LogP) is 3.94. The van der Waals surface area contributed by atoms with Crippen LogP contribution in [0.1, 0.15) is 0 Å². The molecule has 8 heteroatoms. The predicted molar refractivity (Wildman–Crippen MR) is 90.6 cm³/mol. The van der Waals surface area contributed by atoms with Gasteiger partial charge in [-0.2, -0.15) is 5.10 Å². The molecule has 106 valence electrons. The van der Waals surface area contributed by atoms with Crippen LogP contribution in [-0.4, -0.2) is 21.4 Å². The van der Waals surface area contributed by atoms with Crippen molar-refractivity contribution in [3.05, 3.63) is 45.1 Å². The second-order valence-corrected chi connectivity index (χ2v) is 6.01. The maximum atomic E-state index is 6.07. The van der Waals surface area contributed by atoms with Gasteiger partial charge >= 0.3 is 0 Å². The van der Waals surface area contributed by atoms with Crippen molar-refractivity contribution < 1.29 is 0 Å². The van der Waals surface area contributed by atoms with Gasteiger partial charge in [0.2, 0.25) is 0 Å². The van der Waals surface area contributed by atoms with Crippen LogP contribution in [0.2, 0.25) is 10.0 Å². The quantitative estimate of drug-likeness (QED) is 0.772. The van der Waals surface area contributed by atoms with E-state index < -0.39 is 0 Å². The number of nitrogens with zero attached hydrogens (tertiary/aromatic N) is 2. The molecule has 2 N–H and O–H groups in total. The van der Waals surface area contributed by atoms with Crippen molar-refractivity contribution in [3.63, 3.8) is 0 Å². The number of hydrogen-bond acceptors (Lipinski definition) is 2. The number of benzene rings is 1. The average molecular weight is 394 g/mol. The van der Waals surface area contributed by atoms with Crippen molar-refractivity contribution in [2.45, 2.75) is 6.54 Å². The third-order valence-corrected chi connectivity index (χ3v) is 3.90. The number of nitrogens with one attached hydrogen (secondary N) is 2. The van der Waals surface area contributed by atoms with Crippen LogP contribution in [-0.2, 0) is 6.54 Å². The average Bonchev–Trinajstić information content (AvgIpc) is 2.81. The third kappa shape index (κ3) is 4.34. The molecule has 0 spiro atoms. The van der Waals surface area contributed by atoms with Gasteiger partial charge in [0.15, 0.2) is 5.11 Å². The Morgan fingerprint density at radius 2 is 2.20 bits per heavy atom. The molecule has 0 saturated heterocycles. The molecule has 1 heterocycles. The summed E-state index contributed by atoms with van der Waals surface area (Å²) in [7, 11) is 0. The van der Waals surface area contributed by atoms with Crippen LogP contribution in [0, 0.1) is 0 Å². The smallest absolute Gasteiger partial charge is 0.170 e. The van der Waals surface area contributed by atoms with E-state index in [-0.39, 0.29) is 0 Å². The molecule has 4 nitrogen and oxygen atoms in total.